The van der Waals surface area contributed by atoms with Crippen LogP contribution in [0.4, 0.5) is 24.5 Å². The lowest BCUT2D eigenvalue weighted by atomic mass is 10.1. The van der Waals surface area contributed by atoms with Gasteiger partial charge in [-0.05, 0) is 24.3 Å². The molecule has 1 aromatic heterocycles. The summed E-state index contributed by atoms with van der Waals surface area (Å²) < 4.78 is 50.5. The van der Waals surface area contributed by atoms with Crippen LogP contribution >= 0.6 is 0 Å². The van der Waals surface area contributed by atoms with Crippen molar-refractivity contribution in [3.63, 3.8) is 0 Å². The highest BCUT2D eigenvalue weighted by Gasteiger charge is 2.33. The van der Waals surface area contributed by atoms with Crippen LogP contribution in [0.15, 0.2) is 65.1 Å². The van der Waals surface area contributed by atoms with Crippen LogP contribution in [-0.4, -0.2) is 19.6 Å². The number of amides is 1. The third-order valence-electron chi connectivity index (χ3n) is 4.64. The summed E-state index contributed by atoms with van der Waals surface area (Å²) in [5.41, 5.74) is 0.606. The second-order valence-electron chi connectivity index (χ2n) is 6.59. The Balaban J connectivity index is 1.55. The number of carbonyl (C=O) groups excluding carboxylic acids is 1. The van der Waals surface area contributed by atoms with Crippen LogP contribution in [-0.2, 0) is 11.0 Å². The van der Waals surface area contributed by atoms with Gasteiger partial charge in [-0.2, -0.15) is 13.2 Å². The van der Waals surface area contributed by atoms with Gasteiger partial charge in [-0.3, -0.25) is 4.79 Å². The van der Waals surface area contributed by atoms with Crippen LogP contribution in [0.2, 0.25) is 0 Å². The van der Waals surface area contributed by atoms with E-state index in [9.17, 15) is 18.0 Å². The smallest absolute Gasteiger partial charge is 0.418 e. The molecule has 0 aliphatic heterocycles. The number of benzene rings is 3. The summed E-state index contributed by atoms with van der Waals surface area (Å²) in [5.74, 6) is -0.143. The molecule has 3 aromatic carbocycles. The van der Waals surface area contributed by atoms with Gasteiger partial charge in [0.1, 0.15) is 16.9 Å². The maximum atomic E-state index is 13.1. The Bertz CT molecular complexity index is 1230. The van der Waals surface area contributed by atoms with E-state index in [-0.39, 0.29) is 12.2 Å². The largest absolute Gasteiger partial charge is 0.495 e. The molecule has 154 valence electrons. The number of nitrogens with one attached hydrogen (secondary N) is 2. The lowest BCUT2D eigenvalue weighted by Crippen LogP contribution is -2.23. The number of rotatable bonds is 5. The van der Waals surface area contributed by atoms with Gasteiger partial charge in [-0.1, -0.05) is 30.3 Å². The number of methoxy groups -OCH3 is 1. The molecule has 0 bridgehead atoms. The van der Waals surface area contributed by atoms with E-state index < -0.39 is 17.6 Å². The second kappa shape index (κ2) is 7.62. The minimum absolute atomic E-state index is 0.256. The predicted molar refractivity (Wildman–Crippen MR) is 109 cm³/mol. The lowest BCUT2D eigenvalue weighted by molar-refractivity contribution is -0.137. The molecule has 0 aliphatic rings. The molecule has 2 N–H and O–H groups in total. The van der Waals surface area contributed by atoms with Crippen molar-refractivity contribution in [2.24, 2.45) is 0 Å². The second-order valence-corrected chi connectivity index (χ2v) is 6.59. The van der Waals surface area contributed by atoms with Gasteiger partial charge in [0.05, 0.1) is 30.6 Å². The van der Waals surface area contributed by atoms with Gasteiger partial charge < -0.3 is 19.8 Å². The maximum Gasteiger partial charge on any atom is 0.418 e. The molecular formula is C22H17F3N2O3. The molecule has 0 unspecified atom stereocenters. The average molecular weight is 414 g/mol. The fraction of sp³-hybridized carbons (Fsp3) is 0.136. The number of alkyl halides is 3. The molecule has 0 saturated carbocycles. The third-order valence-corrected chi connectivity index (χ3v) is 4.64. The van der Waals surface area contributed by atoms with Crippen LogP contribution < -0.4 is 15.4 Å². The molecule has 5 nitrogen and oxygen atoms in total. The van der Waals surface area contributed by atoms with Crippen molar-refractivity contribution in [1.29, 1.82) is 0 Å². The SMILES string of the molecule is COc1cc2c(cc1NCC(=O)Nc1ccccc1C(F)(F)F)oc1ccccc12. The molecule has 0 atom stereocenters. The number of halogens is 3. The van der Waals surface area contributed by atoms with Gasteiger partial charge in [0, 0.05) is 16.8 Å². The fourth-order valence-corrected chi connectivity index (χ4v) is 3.27. The predicted octanol–water partition coefficient (Wildman–Crippen LogP) is 5.66. The van der Waals surface area contributed by atoms with Crippen LogP contribution in [0.3, 0.4) is 0 Å². The van der Waals surface area contributed by atoms with E-state index in [1.54, 1.807) is 12.1 Å². The van der Waals surface area contributed by atoms with Crippen LogP contribution in [0, 0.1) is 0 Å². The van der Waals surface area contributed by atoms with E-state index in [0.717, 1.165) is 16.8 Å². The summed E-state index contributed by atoms with van der Waals surface area (Å²) in [5, 5.41) is 6.99. The molecule has 30 heavy (non-hydrogen) atoms. The van der Waals surface area contributed by atoms with Gasteiger partial charge >= 0.3 is 6.18 Å². The first kappa shape index (κ1) is 19.6. The highest BCUT2D eigenvalue weighted by Crippen LogP contribution is 2.37. The maximum absolute atomic E-state index is 13.1. The van der Waals surface area contributed by atoms with E-state index in [1.807, 2.05) is 24.3 Å². The summed E-state index contributed by atoms with van der Waals surface area (Å²) in [6, 6.07) is 15.9. The summed E-state index contributed by atoms with van der Waals surface area (Å²) >= 11 is 0. The standard InChI is InChI=1S/C22H17F3N2O3/c1-29-20-10-14-13-6-2-5-9-18(13)30-19(14)11-17(20)26-12-21(28)27-16-8-4-3-7-15(16)22(23,24)25/h2-11,26H,12H2,1H3,(H,27,28). The molecule has 0 aliphatic carbocycles. The van der Waals surface area contributed by atoms with Crippen LogP contribution in [0.5, 0.6) is 5.75 Å². The van der Waals surface area contributed by atoms with E-state index in [0.29, 0.717) is 22.6 Å². The van der Waals surface area contributed by atoms with E-state index in [1.165, 1.54) is 25.3 Å². The molecule has 8 heteroatoms. The minimum Gasteiger partial charge on any atom is -0.495 e. The first-order chi connectivity index (χ1) is 14.4. The van der Waals surface area contributed by atoms with Crippen molar-refractivity contribution in [2.45, 2.75) is 6.18 Å². The Kier molecular flexibility index (Phi) is 4.99. The zero-order valence-electron chi connectivity index (χ0n) is 15.8. The number of para-hydroxylation sites is 2. The Morgan fingerprint density at radius 1 is 0.967 bits per heavy atom. The number of anilines is 2. The molecule has 1 heterocycles. The zero-order chi connectivity index (χ0) is 21.3. The monoisotopic (exact) mass is 414 g/mol. The summed E-state index contributed by atoms with van der Waals surface area (Å²) in [4.78, 5) is 12.3. The molecule has 0 fully saturated rings. The van der Waals surface area contributed by atoms with Crippen molar-refractivity contribution in [3.05, 3.63) is 66.2 Å². The van der Waals surface area contributed by atoms with Crippen LogP contribution in [0.1, 0.15) is 5.56 Å². The highest BCUT2D eigenvalue weighted by atomic mass is 19.4. The van der Waals surface area contributed by atoms with Crippen molar-refractivity contribution >= 4 is 39.2 Å². The van der Waals surface area contributed by atoms with Crippen molar-refractivity contribution in [1.82, 2.24) is 0 Å². The quantitative estimate of drug-likeness (QED) is 0.442. The molecule has 0 saturated heterocycles. The lowest BCUT2D eigenvalue weighted by Gasteiger charge is -2.15. The van der Waals surface area contributed by atoms with Crippen molar-refractivity contribution in [3.8, 4) is 5.75 Å². The van der Waals surface area contributed by atoms with Gasteiger partial charge in [0.2, 0.25) is 5.91 Å². The Morgan fingerprint density at radius 3 is 2.47 bits per heavy atom. The number of furan rings is 1. The van der Waals surface area contributed by atoms with Gasteiger partial charge in [-0.15, -0.1) is 0 Å². The van der Waals surface area contributed by atoms with E-state index >= 15 is 0 Å². The van der Waals surface area contributed by atoms with E-state index in [2.05, 4.69) is 10.6 Å². The van der Waals surface area contributed by atoms with Crippen LogP contribution in [0.25, 0.3) is 21.9 Å². The third kappa shape index (κ3) is 3.76. The molecular weight excluding hydrogens is 397 g/mol. The number of carbonyl (C=O) groups is 1. The van der Waals surface area contributed by atoms with Gasteiger partial charge in [0.15, 0.2) is 0 Å². The number of ether oxygens (including phenoxy) is 1. The zero-order valence-corrected chi connectivity index (χ0v) is 15.8. The fourth-order valence-electron chi connectivity index (χ4n) is 3.27. The van der Waals surface area contributed by atoms with E-state index in [4.69, 9.17) is 9.15 Å². The van der Waals surface area contributed by atoms with Crippen molar-refractivity contribution < 1.29 is 27.1 Å². The highest BCUT2D eigenvalue weighted by molar-refractivity contribution is 6.07. The molecule has 0 spiro atoms. The first-order valence-corrected chi connectivity index (χ1v) is 9.06. The summed E-state index contributed by atoms with van der Waals surface area (Å²) in [6.45, 7) is -0.256. The Morgan fingerprint density at radius 2 is 1.70 bits per heavy atom. The number of fused-ring (bicyclic) bond motifs is 3. The minimum atomic E-state index is -4.56. The van der Waals surface area contributed by atoms with Gasteiger partial charge in [-0.25, -0.2) is 0 Å². The van der Waals surface area contributed by atoms with Gasteiger partial charge in [0.25, 0.3) is 0 Å². The first-order valence-electron chi connectivity index (χ1n) is 9.06. The molecule has 4 rings (SSSR count). The Hall–Kier alpha value is -3.68. The molecule has 1 amide bonds. The number of hydrogen-bond donors (Lipinski definition) is 2. The molecule has 4 aromatic rings. The number of hydrogen-bond acceptors (Lipinski definition) is 4. The molecule has 0 radical (unpaired) electrons. The van der Waals surface area contributed by atoms with Crippen molar-refractivity contribution in [2.75, 3.05) is 24.3 Å². The summed E-state index contributed by atoms with van der Waals surface area (Å²) in [7, 11) is 1.49. The normalized spacial score (nSPS) is 11.6. The topological polar surface area (TPSA) is 63.5 Å². The Labute approximate surface area is 169 Å². The summed E-state index contributed by atoms with van der Waals surface area (Å²) in [6.07, 6.45) is -4.56. The average Bonchev–Trinajstić information content (AvgIpc) is 3.08.